The van der Waals surface area contributed by atoms with Crippen molar-refractivity contribution in [2.75, 3.05) is 0 Å². The standard InChI is InChI=1S/C18H20FN3O/c1-11-6-14(4-5-16(11)19)15-7-18-17(20-8-15)9-21-22(18)10-12(2)13(3)23/h4-9,12-13,23H,10H2,1-3H3. The first-order valence-electron chi connectivity index (χ1n) is 7.72. The molecule has 1 aromatic carbocycles. The van der Waals surface area contributed by atoms with E-state index in [2.05, 4.69) is 10.1 Å². The second-order valence-electron chi connectivity index (χ2n) is 6.14. The SMILES string of the molecule is Cc1cc(-c2cnc3cnn(CC(C)C(C)O)c3c2)ccc1F. The Morgan fingerprint density at radius 1 is 1.17 bits per heavy atom. The number of aryl methyl sites for hydroxylation is 1. The van der Waals surface area contributed by atoms with Gasteiger partial charge in [-0.05, 0) is 43.2 Å². The number of aromatic nitrogens is 3. The van der Waals surface area contributed by atoms with Gasteiger partial charge in [0.25, 0.3) is 0 Å². The summed E-state index contributed by atoms with van der Waals surface area (Å²) in [4.78, 5) is 4.44. The summed E-state index contributed by atoms with van der Waals surface area (Å²) in [5.74, 6) is -0.117. The normalized spacial score (nSPS) is 14.1. The van der Waals surface area contributed by atoms with Gasteiger partial charge in [0.1, 0.15) is 11.3 Å². The maximum Gasteiger partial charge on any atom is 0.126 e. The van der Waals surface area contributed by atoms with Crippen molar-refractivity contribution in [3.8, 4) is 11.1 Å². The molecule has 0 amide bonds. The van der Waals surface area contributed by atoms with E-state index in [9.17, 15) is 9.50 Å². The fourth-order valence-corrected chi connectivity index (χ4v) is 2.51. The summed E-state index contributed by atoms with van der Waals surface area (Å²) in [5.41, 5.74) is 4.18. The highest BCUT2D eigenvalue weighted by atomic mass is 19.1. The van der Waals surface area contributed by atoms with Crippen molar-refractivity contribution >= 4 is 11.0 Å². The molecule has 23 heavy (non-hydrogen) atoms. The second kappa shape index (κ2) is 6.08. The van der Waals surface area contributed by atoms with Gasteiger partial charge in [-0.25, -0.2) is 4.39 Å². The van der Waals surface area contributed by atoms with E-state index < -0.39 is 6.10 Å². The van der Waals surface area contributed by atoms with Gasteiger partial charge < -0.3 is 5.11 Å². The third-order valence-electron chi connectivity index (χ3n) is 4.27. The predicted octanol–water partition coefficient (Wildman–Crippen LogP) is 3.56. The van der Waals surface area contributed by atoms with E-state index in [1.807, 2.05) is 23.7 Å². The van der Waals surface area contributed by atoms with E-state index in [1.54, 1.807) is 32.3 Å². The Hall–Kier alpha value is -2.27. The number of hydrogen-bond acceptors (Lipinski definition) is 3. The van der Waals surface area contributed by atoms with Gasteiger partial charge in [-0.1, -0.05) is 13.0 Å². The molecule has 0 radical (unpaired) electrons. The van der Waals surface area contributed by atoms with Gasteiger partial charge in [0.05, 0.1) is 17.8 Å². The van der Waals surface area contributed by atoms with E-state index >= 15 is 0 Å². The largest absolute Gasteiger partial charge is 0.393 e. The molecule has 0 spiro atoms. The van der Waals surface area contributed by atoms with E-state index in [4.69, 9.17) is 0 Å². The molecule has 0 fully saturated rings. The average molecular weight is 313 g/mol. The van der Waals surface area contributed by atoms with Gasteiger partial charge in [0, 0.05) is 24.2 Å². The highest BCUT2D eigenvalue weighted by Crippen LogP contribution is 2.25. The number of halogens is 1. The number of benzene rings is 1. The molecular formula is C18H20FN3O. The van der Waals surface area contributed by atoms with Crippen LogP contribution in [0.2, 0.25) is 0 Å². The summed E-state index contributed by atoms with van der Waals surface area (Å²) in [6.07, 6.45) is 3.10. The van der Waals surface area contributed by atoms with Crippen LogP contribution in [0.25, 0.3) is 22.2 Å². The summed E-state index contributed by atoms with van der Waals surface area (Å²) >= 11 is 0. The molecule has 5 heteroatoms. The minimum absolute atomic E-state index is 0.0924. The van der Waals surface area contributed by atoms with Crippen molar-refractivity contribution in [2.24, 2.45) is 5.92 Å². The lowest BCUT2D eigenvalue weighted by atomic mass is 10.0. The summed E-state index contributed by atoms with van der Waals surface area (Å²) in [6.45, 7) is 6.13. The van der Waals surface area contributed by atoms with Gasteiger partial charge in [0.15, 0.2) is 0 Å². The summed E-state index contributed by atoms with van der Waals surface area (Å²) in [5, 5.41) is 14.1. The van der Waals surface area contributed by atoms with Crippen LogP contribution in [0.1, 0.15) is 19.4 Å². The fourth-order valence-electron chi connectivity index (χ4n) is 2.51. The molecule has 0 saturated heterocycles. The van der Waals surface area contributed by atoms with Crippen LogP contribution in [0.5, 0.6) is 0 Å². The summed E-state index contributed by atoms with van der Waals surface area (Å²) in [6, 6.07) is 7.06. The van der Waals surface area contributed by atoms with Crippen molar-refractivity contribution in [3.63, 3.8) is 0 Å². The minimum atomic E-state index is -0.398. The van der Waals surface area contributed by atoms with Gasteiger partial charge in [-0.2, -0.15) is 5.10 Å². The number of aliphatic hydroxyl groups excluding tert-OH is 1. The van der Waals surface area contributed by atoms with Gasteiger partial charge >= 0.3 is 0 Å². The predicted molar refractivity (Wildman–Crippen MR) is 88.5 cm³/mol. The zero-order valence-corrected chi connectivity index (χ0v) is 13.5. The van der Waals surface area contributed by atoms with Crippen LogP contribution in [0.15, 0.2) is 36.7 Å². The molecule has 2 heterocycles. The maximum atomic E-state index is 13.4. The number of rotatable bonds is 4. The highest BCUT2D eigenvalue weighted by Gasteiger charge is 2.13. The van der Waals surface area contributed by atoms with E-state index in [1.165, 1.54) is 6.07 Å². The Morgan fingerprint density at radius 2 is 1.96 bits per heavy atom. The van der Waals surface area contributed by atoms with E-state index in [0.717, 1.165) is 22.2 Å². The zero-order valence-electron chi connectivity index (χ0n) is 13.5. The lowest BCUT2D eigenvalue weighted by Crippen LogP contribution is -2.19. The minimum Gasteiger partial charge on any atom is -0.393 e. The molecule has 0 aliphatic heterocycles. The first-order valence-corrected chi connectivity index (χ1v) is 7.72. The highest BCUT2D eigenvalue weighted by molar-refractivity contribution is 5.80. The van der Waals surface area contributed by atoms with Crippen LogP contribution in [0.4, 0.5) is 4.39 Å². The van der Waals surface area contributed by atoms with Gasteiger partial charge in [-0.3, -0.25) is 9.67 Å². The molecule has 0 saturated carbocycles. The first kappa shape index (κ1) is 15.6. The molecule has 4 nitrogen and oxygen atoms in total. The van der Waals surface area contributed by atoms with E-state index in [0.29, 0.717) is 12.1 Å². The van der Waals surface area contributed by atoms with Crippen LogP contribution in [-0.2, 0) is 6.54 Å². The Bertz CT molecular complexity index is 841. The monoisotopic (exact) mass is 313 g/mol. The van der Waals surface area contributed by atoms with Crippen LogP contribution in [-0.4, -0.2) is 26.0 Å². The molecular weight excluding hydrogens is 293 g/mol. The summed E-state index contributed by atoms with van der Waals surface area (Å²) < 4.78 is 15.3. The number of hydrogen-bond donors (Lipinski definition) is 1. The molecule has 2 atom stereocenters. The Morgan fingerprint density at radius 3 is 2.65 bits per heavy atom. The molecule has 0 aliphatic carbocycles. The average Bonchev–Trinajstić information content (AvgIpc) is 2.92. The number of fused-ring (bicyclic) bond motifs is 1. The quantitative estimate of drug-likeness (QED) is 0.801. The maximum absolute atomic E-state index is 13.4. The van der Waals surface area contributed by atoms with Crippen molar-refractivity contribution in [3.05, 3.63) is 48.0 Å². The molecule has 0 bridgehead atoms. The molecule has 2 unspecified atom stereocenters. The topological polar surface area (TPSA) is 50.9 Å². The zero-order chi connectivity index (χ0) is 16.6. The molecule has 3 aromatic rings. The summed E-state index contributed by atoms with van der Waals surface area (Å²) in [7, 11) is 0. The van der Waals surface area contributed by atoms with Gasteiger partial charge in [-0.15, -0.1) is 0 Å². The first-order chi connectivity index (χ1) is 11.0. The molecule has 120 valence electrons. The third-order valence-corrected chi connectivity index (χ3v) is 4.27. The number of aliphatic hydroxyl groups is 1. The number of pyridine rings is 1. The van der Waals surface area contributed by atoms with Gasteiger partial charge in [0.2, 0.25) is 0 Å². The number of nitrogens with zero attached hydrogens (tertiary/aromatic N) is 3. The fraction of sp³-hybridized carbons (Fsp3) is 0.333. The van der Waals surface area contributed by atoms with Crippen LogP contribution < -0.4 is 0 Å². The van der Waals surface area contributed by atoms with Crippen molar-refractivity contribution in [2.45, 2.75) is 33.4 Å². The third kappa shape index (κ3) is 3.10. The second-order valence-corrected chi connectivity index (χ2v) is 6.14. The lowest BCUT2D eigenvalue weighted by Gasteiger charge is -2.15. The van der Waals surface area contributed by atoms with E-state index in [-0.39, 0.29) is 11.7 Å². The van der Waals surface area contributed by atoms with Crippen molar-refractivity contribution in [1.82, 2.24) is 14.8 Å². The van der Waals surface area contributed by atoms with Crippen molar-refractivity contribution in [1.29, 1.82) is 0 Å². The molecule has 3 rings (SSSR count). The van der Waals surface area contributed by atoms with Crippen LogP contribution in [0, 0.1) is 18.7 Å². The molecule has 0 aliphatic rings. The van der Waals surface area contributed by atoms with Crippen molar-refractivity contribution < 1.29 is 9.50 Å². The lowest BCUT2D eigenvalue weighted by molar-refractivity contribution is 0.123. The van der Waals surface area contributed by atoms with Crippen LogP contribution >= 0.6 is 0 Å². The molecule has 1 N–H and O–H groups in total. The Balaban J connectivity index is 2.01. The Kier molecular flexibility index (Phi) is 4.13. The smallest absolute Gasteiger partial charge is 0.126 e. The molecule has 2 aromatic heterocycles. The van der Waals surface area contributed by atoms with Crippen LogP contribution in [0.3, 0.4) is 0 Å². The Labute approximate surface area is 134 Å².